The molecule has 2 aromatic rings. The molecule has 0 heterocycles. The molecule has 1 unspecified atom stereocenters. The van der Waals surface area contributed by atoms with Crippen LogP contribution in [0.1, 0.15) is 17.2 Å². The van der Waals surface area contributed by atoms with Gasteiger partial charge in [0.1, 0.15) is 17.6 Å². The van der Waals surface area contributed by atoms with Crippen molar-refractivity contribution in [1.82, 2.24) is 0 Å². The van der Waals surface area contributed by atoms with E-state index in [0.29, 0.717) is 11.1 Å². The quantitative estimate of drug-likeness (QED) is 0.721. The van der Waals surface area contributed by atoms with Crippen molar-refractivity contribution in [2.45, 2.75) is 6.10 Å². The van der Waals surface area contributed by atoms with Crippen LogP contribution in [0.3, 0.4) is 0 Å². The summed E-state index contributed by atoms with van der Waals surface area (Å²) in [6, 6.07) is 13.2. The summed E-state index contributed by atoms with van der Waals surface area (Å²) in [4.78, 5) is 0. The largest absolute Gasteiger partial charge is 0.508 e. The predicted molar refractivity (Wildman–Crippen MR) is 60.3 cm³/mol. The standard InChI is InChI=1S/C13H12O3/c14-10-6-7-11(12(15)8-10)13(16)9-4-2-1-3-5-9/h1-8,13-16H. The highest BCUT2D eigenvalue weighted by Gasteiger charge is 2.14. The number of hydrogen-bond donors (Lipinski definition) is 3. The van der Waals surface area contributed by atoms with Crippen molar-refractivity contribution in [2.75, 3.05) is 0 Å². The molecule has 3 N–H and O–H groups in total. The van der Waals surface area contributed by atoms with Gasteiger partial charge in [0.05, 0.1) is 0 Å². The highest BCUT2D eigenvalue weighted by Crippen LogP contribution is 2.31. The van der Waals surface area contributed by atoms with E-state index >= 15 is 0 Å². The van der Waals surface area contributed by atoms with Crippen LogP contribution in [0.5, 0.6) is 11.5 Å². The fourth-order valence-corrected chi connectivity index (χ4v) is 1.58. The van der Waals surface area contributed by atoms with Crippen LogP contribution in [0.4, 0.5) is 0 Å². The zero-order valence-electron chi connectivity index (χ0n) is 8.54. The molecule has 82 valence electrons. The monoisotopic (exact) mass is 216 g/mol. The molecule has 0 aliphatic rings. The molecule has 0 bridgehead atoms. The Morgan fingerprint density at radius 1 is 0.875 bits per heavy atom. The molecular weight excluding hydrogens is 204 g/mol. The molecule has 2 rings (SSSR count). The van der Waals surface area contributed by atoms with E-state index in [9.17, 15) is 10.2 Å². The van der Waals surface area contributed by atoms with Crippen molar-refractivity contribution in [3.8, 4) is 11.5 Å². The van der Waals surface area contributed by atoms with E-state index in [1.165, 1.54) is 18.2 Å². The maximum atomic E-state index is 10.0. The lowest BCUT2D eigenvalue weighted by atomic mass is 10.0. The van der Waals surface area contributed by atoms with Gasteiger partial charge in [-0.2, -0.15) is 0 Å². The minimum atomic E-state index is -0.887. The van der Waals surface area contributed by atoms with Crippen LogP contribution >= 0.6 is 0 Å². The van der Waals surface area contributed by atoms with Crippen LogP contribution in [-0.4, -0.2) is 15.3 Å². The topological polar surface area (TPSA) is 60.7 Å². The van der Waals surface area contributed by atoms with Gasteiger partial charge in [-0.3, -0.25) is 0 Å². The first kappa shape index (κ1) is 10.5. The second-order valence-electron chi connectivity index (χ2n) is 3.56. The third-order valence-corrected chi connectivity index (χ3v) is 2.42. The average Bonchev–Trinajstić information content (AvgIpc) is 2.29. The summed E-state index contributed by atoms with van der Waals surface area (Å²) in [5.74, 6) is -0.141. The second kappa shape index (κ2) is 4.24. The fourth-order valence-electron chi connectivity index (χ4n) is 1.58. The summed E-state index contributed by atoms with van der Waals surface area (Å²) in [5.41, 5.74) is 1.08. The van der Waals surface area contributed by atoms with Gasteiger partial charge in [-0.1, -0.05) is 30.3 Å². The lowest BCUT2D eigenvalue weighted by molar-refractivity contribution is 0.215. The molecule has 0 aromatic heterocycles. The Kier molecular flexibility index (Phi) is 2.79. The first-order chi connectivity index (χ1) is 7.68. The van der Waals surface area contributed by atoms with E-state index in [1.807, 2.05) is 18.2 Å². The van der Waals surface area contributed by atoms with Gasteiger partial charge in [0.2, 0.25) is 0 Å². The summed E-state index contributed by atoms with van der Waals surface area (Å²) in [6.07, 6.45) is -0.887. The van der Waals surface area contributed by atoms with Gasteiger partial charge in [-0.05, 0) is 17.7 Å². The van der Waals surface area contributed by atoms with E-state index in [-0.39, 0.29) is 11.5 Å². The van der Waals surface area contributed by atoms with Crippen LogP contribution in [-0.2, 0) is 0 Å². The molecule has 3 heteroatoms. The van der Waals surface area contributed by atoms with Crippen molar-refractivity contribution in [3.05, 3.63) is 59.7 Å². The molecule has 0 spiro atoms. The Hall–Kier alpha value is -2.00. The summed E-state index contributed by atoms with van der Waals surface area (Å²) in [6.45, 7) is 0. The van der Waals surface area contributed by atoms with E-state index in [4.69, 9.17) is 5.11 Å². The van der Waals surface area contributed by atoms with Gasteiger partial charge in [0.25, 0.3) is 0 Å². The van der Waals surface area contributed by atoms with E-state index in [0.717, 1.165) is 0 Å². The summed E-state index contributed by atoms with van der Waals surface area (Å²) < 4.78 is 0. The first-order valence-electron chi connectivity index (χ1n) is 4.93. The molecule has 0 radical (unpaired) electrons. The molecule has 0 fully saturated rings. The van der Waals surface area contributed by atoms with Crippen molar-refractivity contribution in [1.29, 1.82) is 0 Å². The molecule has 2 aromatic carbocycles. The number of aliphatic hydroxyl groups excluding tert-OH is 1. The number of aromatic hydroxyl groups is 2. The second-order valence-corrected chi connectivity index (χ2v) is 3.56. The van der Waals surface area contributed by atoms with Crippen LogP contribution < -0.4 is 0 Å². The number of phenols is 2. The van der Waals surface area contributed by atoms with Crippen LogP contribution in [0, 0.1) is 0 Å². The maximum Gasteiger partial charge on any atom is 0.125 e. The van der Waals surface area contributed by atoms with E-state index < -0.39 is 6.10 Å². The Morgan fingerprint density at radius 3 is 2.19 bits per heavy atom. The molecule has 0 aliphatic carbocycles. The smallest absolute Gasteiger partial charge is 0.125 e. The predicted octanol–water partition coefficient (Wildman–Crippen LogP) is 2.18. The Morgan fingerprint density at radius 2 is 1.56 bits per heavy atom. The Balaban J connectivity index is 2.38. The van der Waals surface area contributed by atoms with Gasteiger partial charge in [0.15, 0.2) is 0 Å². The molecule has 0 saturated heterocycles. The minimum Gasteiger partial charge on any atom is -0.508 e. The van der Waals surface area contributed by atoms with E-state index in [1.54, 1.807) is 12.1 Å². The van der Waals surface area contributed by atoms with Crippen LogP contribution in [0.15, 0.2) is 48.5 Å². The van der Waals surface area contributed by atoms with Crippen molar-refractivity contribution < 1.29 is 15.3 Å². The highest BCUT2D eigenvalue weighted by atomic mass is 16.3. The Bertz CT molecular complexity index is 480. The molecule has 16 heavy (non-hydrogen) atoms. The average molecular weight is 216 g/mol. The molecule has 0 aliphatic heterocycles. The number of aliphatic hydroxyl groups is 1. The number of rotatable bonds is 2. The third kappa shape index (κ3) is 1.99. The van der Waals surface area contributed by atoms with Crippen molar-refractivity contribution in [3.63, 3.8) is 0 Å². The number of phenolic OH excluding ortho intramolecular Hbond substituents is 2. The lowest BCUT2D eigenvalue weighted by Gasteiger charge is -2.12. The zero-order chi connectivity index (χ0) is 11.5. The normalized spacial score (nSPS) is 12.3. The third-order valence-electron chi connectivity index (χ3n) is 2.42. The Labute approximate surface area is 93.2 Å². The number of benzene rings is 2. The summed E-state index contributed by atoms with van der Waals surface area (Å²) in [5, 5.41) is 28.8. The molecule has 0 amide bonds. The van der Waals surface area contributed by atoms with Crippen molar-refractivity contribution >= 4 is 0 Å². The highest BCUT2D eigenvalue weighted by molar-refractivity contribution is 5.43. The van der Waals surface area contributed by atoms with Crippen LogP contribution in [0.25, 0.3) is 0 Å². The molecule has 1 atom stereocenters. The van der Waals surface area contributed by atoms with E-state index in [2.05, 4.69) is 0 Å². The van der Waals surface area contributed by atoms with Crippen molar-refractivity contribution in [2.24, 2.45) is 0 Å². The van der Waals surface area contributed by atoms with Gasteiger partial charge in [-0.25, -0.2) is 0 Å². The maximum absolute atomic E-state index is 10.0. The lowest BCUT2D eigenvalue weighted by Crippen LogP contribution is -1.99. The zero-order valence-corrected chi connectivity index (χ0v) is 8.54. The fraction of sp³-hybridized carbons (Fsp3) is 0.0769. The molecule has 0 saturated carbocycles. The summed E-state index contributed by atoms with van der Waals surface area (Å²) >= 11 is 0. The molecule has 3 nitrogen and oxygen atoms in total. The van der Waals surface area contributed by atoms with Crippen LogP contribution in [0.2, 0.25) is 0 Å². The van der Waals surface area contributed by atoms with Gasteiger partial charge in [0, 0.05) is 11.6 Å². The first-order valence-corrected chi connectivity index (χ1v) is 4.93. The minimum absolute atomic E-state index is 0.0264. The van der Waals surface area contributed by atoms with Gasteiger partial charge >= 0.3 is 0 Å². The van der Waals surface area contributed by atoms with Gasteiger partial charge in [-0.15, -0.1) is 0 Å². The number of hydrogen-bond acceptors (Lipinski definition) is 3. The SMILES string of the molecule is Oc1ccc(C(O)c2ccccc2)c(O)c1. The molecular formula is C13H12O3. The van der Waals surface area contributed by atoms with Gasteiger partial charge < -0.3 is 15.3 Å². The summed E-state index contributed by atoms with van der Waals surface area (Å²) in [7, 11) is 0.